The second-order valence-corrected chi connectivity index (χ2v) is 3.49. The molecular weight excluding hydrogens is 223 g/mol. The maximum atomic E-state index is 12.7. The molecule has 0 saturated heterocycles. The SMILES string of the molecule is COC(=O)C[NH3+].Cc1c[nH]c2ccc(F)cc12. The molecule has 0 amide bonds. The average Bonchev–Trinajstić information content (AvgIpc) is 2.71. The number of hydrogen-bond acceptors (Lipinski definition) is 2. The minimum atomic E-state index is -0.269. The number of aromatic amines is 1. The zero-order chi connectivity index (χ0) is 12.8. The Balaban J connectivity index is 0.000000209. The first-order chi connectivity index (χ1) is 8.08. The lowest BCUT2D eigenvalue weighted by atomic mass is 10.2. The summed E-state index contributed by atoms with van der Waals surface area (Å²) in [6.45, 7) is 2.18. The summed E-state index contributed by atoms with van der Waals surface area (Å²) < 4.78 is 16.9. The highest BCUT2D eigenvalue weighted by atomic mass is 19.1. The van der Waals surface area contributed by atoms with E-state index in [1.807, 2.05) is 13.1 Å². The molecule has 0 bridgehead atoms. The van der Waals surface area contributed by atoms with Gasteiger partial charge in [-0.05, 0) is 30.7 Å². The van der Waals surface area contributed by atoms with Gasteiger partial charge in [0.1, 0.15) is 5.82 Å². The van der Waals surface area contributed by atoms with Gasteiger partial charge in [0.15, 0.2) is 6.54 Å². The lowest BCUT2D eigenvalue weighted by Gasteiger charge is -1.90. The van der Waals surface area contributed by atoms with Crippen LogP contribution in [0.15, 0.2) is 24.4 Å². The number of methoxy groups -OCH3 is 1. The molecule has 1 heterocycles. The zero-order valence-corrected chi connectivity index (χ0v) is 9.92. The van der Waals surface area contributed by atoms with Crippen LogP contribution in [0.4, 0.5) is 4.39 Å². The number of fused-ring (bicyclic) bond motifs is 1. The van der Waals surface area contributed by atoms with Gasteiger partial charge in [0.05, 0.1) is 7.11 Å². The van der Waals surface area contributed by atoms with Crippen LogP contribution in [-0.4, -0.2) is 24.6 Å². The average molecular weight is 239 g/mol. The van der Waals surface area contributed by atoms with E-state index in [9.17, 15) is 9.18 Å². The highest BCUT2D eigenvalue weighted by Gasteiger charge is 1.99. The largest absolute Gasteiger partial charge is 0.465 e. The Hall–Kier alpha value is -1.88. The molecule has 0 unspecified atom stereocenters. The normalized spacial score (nSPS) is 9.65. The fourth-order valence-electron chi connectivity index (χ4n) is 1.33. The standard InChI is InChI=1S/C9H8FN.C3H7NO2/c1-6-5-11-9-3-2-7(10)4-8(6)9;1-6-3(5)2-4/h2-5,11H,1H3;2,4H2,1H3/p+1. The summed E-state index contributed by atoms with van der Waals surface area (Å²) in [4.78, 5) is 12.9. The zero-order valence-electron chi connectivity index (χ0n) is 9.92. The van der Waals surface area contributed by atoms with E-state index in [-0.39, 0.29) is 18.3 Å². The third-order valence-corrected chi connectivity index (χ3v) is 2.28. The molecule has 2 aromatic rings. The summed E-state index contributed by atoms with van der Waals surface area (Å²) in [5.41, 5.74) is 5.35. The molecule has 0 spiro atoms. The highest BCUT2D eigenvalue weighted by molar-refractivity contribution is 5.82. The quantitative estimate of drug-likeness (QED) is 0.729. The van der Waals surface area contributed by atoms with E-state index in [4.69, 9.17) is 0 Å². The molecule has 0 aliphatic carbocycles. The third kappa shape index (κ3) is 3.57. The van der Waals surface area contributed by atoms with Crippen molar-refractivity contribution in [3.8, 4) is 0 Å². The fraction of sp³-hybridized carbons (Fsp3) is 0.250. The van der Waals surface area contributed by atoms with Gasteiger partial charge in [-0.1, -0.05) is 0 Å². The van der Waals surface area contributed by atoms with Gasteiger partial charge >= 0.3 is 5.97 Å². The molecule has 0 atom stereocenters. The van der Waals surface area contributed by atoms with Crippen molar-refractivity contribution in [3.63, 3.8) is 0 Å². The Labute approximate surface area is 98.6 Å². The predicted octanol–water partition coefficient (Wildman–Crippen LogP) is 1.02. The first-order valence-electron chi connectivity index (χ1n) is 5.17. The fourth-order valence-corrected chi connectivity index (χ4v) is 1.33. The molecular formula is C12H16FN2O2+. The molecule has 17 heavy (non-hydrogen) atoms. The van der Waals surface area contributed by atoms with Crippen molar-refractivity contribution in [1.29, 1.82) is 0 Å². The number of halogens is 1. The second-order valence-electron chi connectivity index (χ2n) is 3.49. The first-order valence-corrected chi connectivity index (χ1v) is 5.17. The highest BCUT2D eigenvalue weighted by Crippen LogP contribution is 2.17. The maximum Gasteiger partial charge on any atom is 0.361 e. The topological polar surface area (TPSA) is 69.7 Å². The van der Waals surface area contributed by atoms with Crippen molar-refractivity contribution in [2.45, 2.75) is 6.92 Å². The number of quaternary nitrogens is 1. The van der Waals surface area contributed by atoms with Crippen molar-refractivity contribution in [2.75, 3.05) is 13.7 Å². The summed E-state index contributed by atoms with van der Waals surface area (Å²) in [5.74, 6) is -0.449. The molecule has 5 heteroatoms. The molecule has 0 aliphatic heterocycles. The van der Waals surface area contributed by atoms with Gasteiger partial charge in [-0.15, -0.1) is 0 Å². The van der Waals surface area contributed by atoms with E-state index in [0.717, 1.165) is 16.5 Å². The Morgan fingerprint density at radius 1 is 1.53 bits per heavy atom. The molecule has 1 aromatic heterocycles. The van der Waals surface area contributed by atoms with E-state index in [0.29, 0.717) is 0 Å². The number of H-pyrrole nitrogens is 1. The maximum absolute atomic E-state index is 12.7. The van der Waals surface area contributed by atoms with Crippen LogP contribution >= 0.6 is 0 Å². The molecule has 4 nitrogen and oxygen atoms in total. The number of benzene rings is 1. The van der Waals surface area contributed by atoms with Gasteiger partial charge in [0.25, 0.3) is 0 Å². The summed E-state index contributed by atoms with van der Waals surface area (Å²) in [6.07, 6.45) is 1.88. The van der Waals surface area contributed by atoms with Crippen molar-refractivity contribution >= 4 is 16.9 Å². The van der Waals surface area contributed by atoms with E-state index in [1.54, 1.807) is 12.1 Å². The van der Waals surface area contributed by atoms with Crippen molar-refractivity contribution in [3.05, 3.63) is 35.8 Å². The molecule has 0 fully saturated rings. The number of nitrogens with one attached hydrogen (secondary N) is 1. The number of aryl methyl sites for hydroxylation is 1. The van der Waals surface area contributed by atoms with Crippen molar-refractivity contribution in [1.82, 2.24) is 4.98 Å². The number of esters is 1. The molecule has 0 aliphatic rings. The monoisotopic (exact) mass is 239 g/mol. The smallest absolute Gasteiger partial charge is 0.361 e. The van der Waals surface area contributed by atoms with Crippen LogP contribution in [0.3, 0.4) is 0 Å². The molecule has 92 valence electrons. The second kappa shape index (κ2) is 6.00. The van der Waals surface area contributed by atoms with Crippen LogP contribution in [-0.2, 0) is 9.53 Å². The Bertz CT molecular complexity index is 502. The number of carbonyl (C=O) groups is 1. The van der Waals surface area contributed by atoms with E-state index >= 15 is 0 Å². The van der Waals surface area contributed by atoms with Crippen molar-refractivity contribution in [2.24, 2.45) is 0 Å². The molecule has 0 radical (unpaired) electrons. The number of aromatic nitrogens is 1. The first kappa shape index (κ1) is 13.2. The van der Waals surface area contributed by atoms with Gasteiger partial charge in [0.2, 0.25) is 0 Å². The number of rotatable bonds is 1. The minimum absolute atomic E-state index is 0.180. The van der Waals surface area contributed by atoms with Crippen LogP contribution in [0.5, 0.6) is 0 Å². The Kier molecular flexibility index (Phi) is 4.66. The summed E-state index contributed by atoms with van der Waals surface area (Å²) in [7, 11) is 1.34. The minimum Gasteiger partial charge on any atom is -0.465 e. The van der Waals surface area contributed by atoms with Gasteiger partial charge in [0, 0.05) is 17.1 Å². The molecule has 4 N–H and O–H groups in total. The third-order valence-electron chi connectivity index (χ3n) is 2.28. The summed E-state index contributed by atoms with van der Waals surface area (Å²) >= 11 is 0. The molecule has 2 rings (SSSR count). The number of carbonyl (C=O) groups excluding carboxylic acids is 1. The lowest BCUT2D eigenvalue weighted by molar-refractivity contribution is -0.359. The molecule has 1 aromatic carbocycles. The Morgan fingerprint density at radius 3 is 2.76 bits per heavy atom. The predicted molar refractivity (Wildman–Crippen MR) is 62.8 cm³/mol. The van der Waals surface area contributed by atoms with Crippen molar-refractivity contribution < 1.29 is 19.7 Å². The van der Waals surface area contributed by atoms with E-state index in [2.05, 4.69) is 15.5 Å². The lowest BCUT2D eigenvalue weighted by Crippen LogP contribution is -2.54. The van der Waals surface area contributed by atoms with Gasteiger partial charge in [-0.2, -0.15) is 0 Å². The molecule has 0 saturated carbocycles. The Morgan fingerprint density at radius 2 is 2.24 bits per heavy atom. The van der Waals surface area contributed by atoms with Gasteiger partial charge < -0.3 is 15.5 Å². The summed E-state index contributed by atoms with van der Waals surface area (Å²) in [6, 6.07) is 4.75. The van der Waals surface area contributed by atoms with Crippen LogP contribution in [0, 0.1) is 12.7 Å². The van der Waals surface area contributed by atoms with Crippen LogP contribution in [0.2, 0.25) is 0 Å². The van der Waals surface area contributed by atoms with E-state index in [1.165, 1.54) is 13.2 Å². The van der Waals surface area contributed by atoms with Crippen LogP contribution < -0.4 is 5.73 Å². The number of ether oxygens (including phenoxy) is 1. The van der Waals surface area contributed by atoms with Gasteiger partial charge in [-0.25, -0.2) is 9.18 Å². The van der Waals surface area contributed by atoms with Crippen LogP contribution in [0.25, 0.3) is 10.9 Å². The van der Waals surface area contributed by atoms with Gasteiger partial charge in [-0.3, -0.25) is 0 Å². The van der Waals surface area contributed by atoms with E-state index < -0.39 is 0 Å². The number of hydrogen-bond donors (Lipinski definition) is 2. The summed E-state index contributed by atoms with van der Waals surface area (Å²) in [5, 5.41) is 0.963. The van der Waals surface area contributed by atoms with Crippen LogP contribution in [0.1, 0.15) is 5.56 Å².